The lowest BCUT2D eigenvalue weighted by Crippen LogP contribution is -2.25. The van der Waals surface area contributed by atoms with Crippen LogP contribution in [0.25, 0.3) is 0 Å². The molecule has 2 rings (SSSR count). The van der Waals surface area contributed by atoms with Crippen LogP contribution in [0.2, 0.25) is 0 Å². The maximum absolute atomic E-state index is 11.2. The Labute approximate surface area is 125 Å². The number of carbonyl (C=O) groups is 1. The van der Waals surface area contributed by atoms with Crippen LogP contribution in [0.4, 0.5) is 0 Å². The molecule has 5 nitrogen and oxygen atoms in total. The van der Waals surface area contributed by atoms with Gasteiger partial charge in [-0.1, -0.05) is 6.92 Å². The summed E-state index contributed by atoms with van der Waals surface area (Å²) in [4.78, 5) is 13.6. The van der Waals surface area contributed by atoms with Crippen molar-refractivity contribution < 1.29 is 19.4 Å². The summed E-state index contributed by atoms with van der Waals surface area (Å²) in [6, 6.07) is 4.88. The second-order valence-corrected chi connectivity index (χ2v) is 5.21. The minimum atomic E-state index is -0.979. The molecule has 1 aromatic rings. The fraction of sp³-hybridized carbons (Fsp3) is 0.562. The van der Waals surface area contributed by atoms with E-state index in [9.17, 15) is 9.90 Å². The molecule has 0 amide bonds. The summed E-state index contributed by atoms with van der Waals surface area (Å²) in [6.45, 7) is 6.18. The normalized spacial score (nSPS) is 15.1. The summed E-state index contributed by atoms with van der Waals surface area (Å²) >= 11 is 0. The van der Waals surface area contributed by atoms with Gasteiger partial charge in [-0.3, -0.25) is 4.90 Å². The van der Waals surface area contributed by atoms with Crippen LogP contribution in [0.1, 0.15) is 36.5 Å². The zero-order valence-corrected chi connectivity index (χ0v) is 12.5. The highest BCUT2D eigenvalue weighted by atomic mass is 16.5. The largest absolute Gasteiger partial charge is 0.493 e. The Bertz CT molecular complexity index is 469. The number of hydrogen-bond acceptors (Lipinski definition) is 4. The Hall–Kier alpha value is -1.75. The van der Waals surface area contributed by atoms with Gasteiger partial charge >= 0.3 is 5.97 Å². The summed E-state index contributed by atoms with van der Waals surface area (Å²) in [5.41, 5.74) is 0.181. The van der Waals surface area contributed by atoms with Crippen molar-refractivity contribution in [3.8, 4) is 11.5 Å². The number of hydrogen-bond donors (Lipinski definition) is 1. The maximum atomic E-state index is 11.2. The molecule has 116 valence electrons. The molecule has 1 aliphatic heterocycles. The lowest BCUT2D eigenvalue weighted by molar-refractivity contribution is 0.0691. The minimum Gasteiger partial charge on any atom is -0.493 e. The average Bonchev–Trinajstić information content (AvgIpc) is 2.98. The van der Waals surface area contributed by atoms with Crippen LogP contribution < -0.4 is 9.47 Å². The van der Waals surface area contributed by atoms with Crippen molar-refractivity contribution in [3.63, 3.8) is 0 Å². The van der Waals surface area contributed by atoms with Crippen LogP contribution in [0.5, 0.6) is 11.5 Å². The number of benzene rings is 1. The van der Waals surface area contributed by atoms with Crippen LogP contribution >= 0.6 is 0 Å². The number of ether oxygens (including phenoxy) is 2. The van der Waals surface area contributed by atoms with Crippen molar-refractivity contribution in [2.24, 2.45) is 0 Å². The first kappa shape index (κ1) is 15.6. The van der Waals surface area contributed by atoms with Gasteiger partial charge in [0.15, 0.2) is 0 Å². The second kappa shape index (κ2) is 7.88. The second-order valence-electron chi connectivity index (χ2n) is 5.21. The fourth-order valence-electron chi connectivity index (χ4n) is 2.40. The predicted octanol–water partition coefficient (Wildman–Crippen LogP) is 2.65. The van der Waals surface area contributed by atoms with Crippen molar-refractivity contribution in [3.05, 3.63) is 23.8 Å². The molecule has 0 atom stereocenters. The minimum absolute atomic E-state index is 0.181. The smallest absolute Gasteiger partial charge is 0.339 e. The molecule has 1 aromatic carbocycles. The van der Waals surface area contributed by atoms with Gasteiger partial charge in [0.25, 0.3) is 0 Å². The first-order valence-electron chi connectivity index (χ1n) is 7.56. The van der Waals surface area contributed by atoms with Crippen LogP contribution in [0, 0.1) is 0 Å². The van der Waals surface area contributed by atoms with Gasteiger partial charge in [0.1, 0.15) is 23.7 Å². The number of nitrogens with zero attached hydrogens (tertiary/aromatic N) is 1. The predicted molar refractivity (Wildman–Crippen MR) is 80.4 cm³/mol. The van der Waals surface area contributed by atoms with E-state index in [0.717, 1.165) is 26.1 Å². The monoisotopic (exact) mass is 293 g/mol. The SMILES string of the molecule is CCCOc1ccc(C(=O)O)c(OCCN2CCCC2)c1. The van der Waals surface area contributed by atoms with Crippen LogP contribution in [0.15, 0.2) is 18.2 Å². The molecule has 1 heterocycles. The van der Waals surface area contributed by atoms with E-state index in [1.807, 2.05) is 6.92 Å². The molecule has 0 radical (unpaired) electrons. The molecule has 0 aliphatic carbocycles. The van der Waals surface area contributed by atoms with Gasteiger partial charge in [-0.2, -0.15) is 0 Å². The molecule has 0 bridgehead atoms. The van der Waals surface area contributed by atoms with E-state index in [1.165, 1.54) is 12.8 Å². The van der Waals surface area contributed by atoms with Crippen LogP contribution in [-0.4, -0.2) is 48.8 Å². The topological polar surface area (TPSA) is 59.0 Å². The molecule has 0 unspecified atom stereocenters. The summed E-state index contributed by atoms with van der Waals surface area (Å²) in [6.07, 6.45) is 3.38. The fourth-order valence-corrected chi connectivity index (χ4v) is 2.40. The van der Waals surface area contributed by atoms with Gasteiger partial charge in [-0.05, 0) is 44.5 Å². The Balaban J connectivity index is 1.97. The van der Waals surface area contributed by atoms with Gasteiger partial charge in [-0.15, -0.1) is 0 Å². The molecule has 5 heteroatoms. The number of carboxylic acids is 1. The third-order valence-electron chi connectivity index (χ3n) is 3.52. The molecule has 1 aliphatic rings. The highest BCUT2D eigenvalue weighted by Crippen LogP contribution is 2.25. The average molecular weight is 293 g/mol. The van der Waals surface area contributed by atoms with E-state index < -0.39 is 5.97 Å². The molecular weight excluding hydrogens is 270 g/mol. The van der Waals surface area contributed by atoms with Crippen molar-refractivity contribution in [2.75, 3.05) is 32.8 Å². The van der Waals surface area contributed by atoms with Crippen LogP contribution in [-0.2, 0) is 0 Å². The van der Waals surface area contributed by atoms with Gasteiger partial charge in [0.2, 0.25) is 0 Å². The Kier molecular flexibility index (Phi) is 5.87. The third-order valence-corrected chi connectivity index (χ3v) is 3.52. The molecule has 1 fully saturated rings. The summed E-state index contributed by atoms with van der Waals surface area (Å²) in [7, 11) is 0. The molecule has 0 saturated carbocycles. The van der Waals surface area contributed by atoms with E-state index in [2.05, 4.69) is 4.90 Å². The van der Waals surface area contributed by atoms with Crippen molar-refractivity contribution in [1.29, 1.82) is 0 Å². The Morgan fingerprint density at radius 3 is 2.67 bits per heavy atom. The van der Waals surface area contributed by atoms with Gasteiger partial charge in [0.05, 0.1) is 6.61 Å². The lowest BCUT2D eigenvalue weighted by atomic mass is 10.2. The molecule has 0 spiro atoms. The number of rotatable bonds is 8. The molecule has 1 saturated heterocycles. The van der Waals surface area contributed by atoms with Gasteiger partial charge < -0.3 is 14.6 Å². The van der Waals surface area contributed by atoms with Gasteiger partial charge in [0, 0.05) is 12.6 Å². The molecule has 21 heavy (non-hydrogen) atoms. The molecular formula is C16H23NO4. The van der Waals surface area contributed by atoms with Gasteiger partial charge in [-0.25, -0.2) is 4.79 Å². The van der Waals surface area contributed by atoms with Crippen molar-refractivity contribution in [2.45, 2.75) is 26.2 Å². The quantitative estimate of drug-likeness (QED) is 0.798. The Morgan fingerprint density at radius 2 is 2.00 bits per heavy atom. The zero-order valence-electron chi connectivity index (χ0n) is 12.5. The summed E-state index contributed by atoms with van der Waals surface area (Å²) in [5.74, 6) is 0.0570. The molecule has 1 N–H and O–H groups in total. The van der Waals surface area contributed by atoms with E-state index >= 15 is 0 Å². The van der Waals surface area contributed by atoms with Crippen molar-refractivity contribution >= 4 is 5.97 Å². The molecule has 0 aromatic heterocycles. The highest BCUT2D eigenvalue weighted by Gasteiger charge is 2.15. The lowest BCUT2D eigenvalue weighted by Gasteiger charge is -2.16. The zero-order chi connectivity index (χ0) is 15.1. The number of likely N-dealkylation sites (tertiary alicyclic amines) is 1. The van der Waals surface area contributed by atoms with E-state index in [1.54, 1.807) is 18.2 Å². The van der Waals surface area contributed by atoms with E-state index in [4.69, 9.17) is 9.47 Å². The first-order valence-corrected chi connectivity index (χ1v) is 7.56. The van der Waals surface area contributed by atoms with Crippen LogP contribution in [0.3, 0.4) is 0 Å². The third kappa shape index (κ3) is 4.63. The van der Waals surface area contributed by atoms with Crippen molar-refractivity contribution in [1.82, 2.24) is 4.90 Å². The Morgan fingerprint density at radius 1 is 1.24 bits per heavy atom. The standard InChI is InChI=1S/C16H23NO4/c1-2-10-20-13-5-6-14(16(18)19)15(12-13)21-11-9-17-7-3-4-8-17/h5-6,12H,2-4,7-11H2,1H3,(H,18,19). The summed E-state index contributed by atoms with van der Waals surface area (Å²) in [5, 5.41) is 9.21. The maximum Gasteiger partial charge on any atom is 0.339 e. The van der Waals surface area contributed by atoms with E-state index in [0.29, 0.717) is 24.7 Å². The number of aromatic carboxylic acids is 1. The summed E-state index contributed by atoms with van der Waals surface area (Å²) < 4.78 is 11.2. The van der Waals surface area contributed by atoms with E-state index in [-0.39, 0.29) is 5.56 Å². The highest BCUT2D eigenvalue weighted by molar-refractivity contribution is 5.91. The first-order chi connectivity index (χ1) is 10.2. The number of carboxylic acid groups (broad SMARTS) is 1.